The second-order valence-corrected chi connectivity index (χ2v) is 8.04. The molecule has 1 aromatic carbocycles. The molecule has 0 aliphatic carbocycles. The highest BCUT2D eigenvalue weighted by molar-refractivity contribution is 9.10. The molecule has 29 heavy (non-hydrogen) atoms. The number of anilines is 1. The van der Waals surface area contributed by atoms with Gasteiger partial charge in [-0.25, -0.2) is 4.79 Å². The van der Waals surface area contributed by atoms with E-state index >= 15 is 0 Å². The fourth-order valence-corrected chi connectivity index (χ4v) is 4.10. The van der Waals surface area contributed by atoms with Crippen LogP contribution in [0.3, 0.4) is 0 Å². The van der Waals surface area contributed by atoms with Crippen LogP contribution in [0.2, 0.25) is 0 Å². The third kappa shape index (κ3) is 4.72. The molecule has 1 N–H and O–H groups in total. The number of nitriles is 1. The van der Waals surface area contributed by atoms with Gasteiger partial charge in [-0.15, -0.1) is 11.3 Å². The van der Waals surface area contributed by atoms with Crippen molar-refractivity contribution >= 4 is 44.1 Å². The van der Waals surface area contributed by atoms with E-state index in [9.17, 15) is 14.9 Å². The zero-order valence-electron chi connectivity index (χ0n) is 15.7. The van der Waals surface area contributed by atoms with Gasteiger partial charge in [0, 0.05) is 11.8 Å². The molecule has 0 fully saturated rings. The van der Waals surface area contributed by atoms with E-state index in [0.717, 1.165) is 21.4 Å². The summed E-state index contributed by atoms with van der Waals surface area (Å²) < 4.78 is 7.65. The van der Waals surface area contributed by atoms with Gasteiger partial charge in [0.05, 0.1) is 29.4 Å². The van der Waals surface area contributed by atoms with Crippen molar-refractivity contribution in [3.8, 4) is 6.07 Å². The van der Waals surface area contributed by atoms with Crippen LogP contribution in [0, 0.1) is 18.3 Å². The van der Waals surface area contributed by atoms with Crippen molar-refractivity contribution in [1.82, 2.24) is 9.78 Å². The zero-order valence-corrected chi connectivity index (χ0v) is 18.1. The van der Waals surface area contributed by atoms with Crippen LogP contribution in [0.4, 0.5) is 5.00 Å². The Balaban J connectivity index is 1.82. The molecule has 0 bridgehead atoms. The maximum absolute atomic E-state index is 12.7. The minimum atomic E-state index is -0.501. The summed E-state index contributed by atoms with van der Waals surface area (Å²) in [5.74, 6) is -0.860. The first-order valence-electron chi connectivity index (χ1n) is 8.71. The summed E-state index contributed by atoms with van der Waals surface area (Å²) >= 11 is 4.40. The monoisotopic (exact) mass is 472 g/mol. The van der Waals surface area contributed by atoms with Crippen molar-refractivity contribution in [1.29, 1.82) is 5.26 Å². The summed E-state index contributed by atoms with van der Waals surface area (Å²) in [7, 11) is 0. The van der Waals surface area contributed by atoms with Crippen molar-refractivity contribution in [2.24, 2.45) is 0 Å². The lowest BCUT2D eigenvalue weighted by Crippen LogP contribution is -2.12. The van der Waals surface area contributed by atoms with Crippen molar-refractivity contribution in [3.63, 3.8) is 0 Å². The Morgan fingerprint density at radius 1 is 1.41 bits per heavy atom. The average molecular weight is 473 g/mol. The zero-order chi connectivity index (χ0) is 21.0. The number of hydrogen-bond donors (Lipinski definition) is 1. The van der Waals surface area contributed by atoms with Crippen LogP contribution >= 0.6 is 27.3 Å². The lowest BCUT2D eigenvalue weighted by molar-refractivity contribution is 0.0531. The van der Waals surface area contributed by atoms with Gasteiger partial charge in [0.2, 0.25) is 0 Å². The van der Waals surface area contributed by atoms with Crippen LogP contribution in [-0.2, 0) is 11.3 Å². The number of thiophene rings is 1. The number of nitrogens with zero attached hydrogens (tertiary/aromatic N) is 3. The highest BCUT2D eigenvalue weighted by Gasteiger charge is 2.22. The molecule has 3 rings (SSSR count). The van der Waals surface area contributed by atoms with E-state index in [2.05, 4.69) is 32.4 Å². The number of carbonyl (C=O) groups excluding carboxylic acids is 2. The molecular weight excluding hydrogens is 456 g/mol. The van der Waals surface area contributed by atoms with Gasteiger partial charge in [0.1, 0.15) is 15.9 Å². The van der Waals surface area contributed by atoms with Crippen molar-refractivity contribution in [2.75, 3.05) is 11.9 Å². The predicted octanol–water partition coefficient (Wildman–Crippen LogP) is 4.36. The van der Waals surface area contributed by atoms with Gasteiger partial charge in [0.15, 0.2) is 0 Å². The summed E-state index contributed by atoms with van der Waals surface area (Å²) in [5, 5.41) is 16.8. The van der Waals surface area contributed by atoms with E-state index < -0.39 is 5.97 Å². The molecule has 0 spiro atoms. The van der Waals surface area contributed by atoms with E-state index in [0.29, 0.717) is 27.5 Å². The van der Waals surface area contributed by atoms with Crippen molar-refractivity contribution < 1.29 is 14.3 Å². The van der Waals surface area contributed by atoms with E-state index in [1.807, 2.05) is 12.3 Å². The second kappa shape index (κ2) is 9.03. The van der Waals surface area contributed by atoms with Gasteiger partial charge in [-0.2, -0.15) is 10.4 Å². The van der Waals surface area contributed by atoms with E-state index in [1.54, 1.807) is 42.9 Å². The summed E-state index contributed by atoms with van der Waals surface area (Å²) in [6, 6.07) is 9.21. The first-order valence-corrected chi connectivity index (χ1v) is 10.3. The summed E-state index contributed by atoms with van der Waals surface area (Å²) in [6.45, 7) is 4.13. The van der Waals surface area contributed by atoms with Crippen molar-refractivity contribution in [3.05, 3.63) is 68.3 Å². The summed E-state index contributed by atoms with van der Waals surface area (Å²) in [6.07, 6.45) is 3.54. The maximum Gasteiger partial charge on any atom is 0.348 e. The Hall–Kier alpha value is -2.96. The normalized spacial score (nSPS) is 10.4. The Morgan fingerprint density at radius 3 is 2.86 bits per heavy atom. The Labute approximate surface area is 180 Å². The fourth-order valence-electron chi connectivity index (χ4n) is 2.73. The molecule has 7 nitrogen and oxygen atoms in total. The van der Waals surface area contributed by atoms with E-state index in [-0.39, 0.29) is 18.1 Å². The van der Waals surface area contributed by atoms with Crippen LogP contribution in [0.25, 0.3) is 0 Å². The van der Waals surface area contributed by atoms with Gasteiger partial charge in [-0.3, -0.25) is 9.48 Å². The SMILES string of the molecule is CCOC(=O)c1sc(NC(=O)c2cccc(Cn3cc(Br)cn3)c2)c(C#N)c1C. The number of benzene rings is 1. The minimum Gasteiger partial charge on any atom is -0.462 e. The second-order valence-electron chi connectivity index (χ2n) is 6.10. The number of nitrogens with one attached hydrogen (secondary N) is 1. The lowest BCUT2D eigenvalue weighted by atomic mass is 10.1. The first-order chi connectivity index (χ1) is 13.9. The Morgan fingerprint density at radius 2 is 2.21 bits per heavy atom. The van der Waals surface area contributed by atoms with Gasteiger partial charge in [-0.1, -0.05) is 12.1 Å². The highest BCUT2D eigenvalue weighted by Crippen LogP contribution is 2.33. The molecule has 0 radical (unpaired) electrons. The van der Waals surface area contributed by atoms with E-state index in [1.165, 1.54) is 0 Å². The quantitative estimate of drug-likeness (QED) is 0.537. The third-order valence-corrected chi connectivity index (χ3v) is 5.68. The van der Waals surface area contributed by atoms with Gasteiger partial charge >= 0.3 is 5.97 Å². The van der Waals surface area contributed by atoms with E-state index in [4.69, 9.17) is 4.74 Å². The first kappa shape index (κ1) is 20.8. The molecular formula is C20H17BrN4O3S. The largest absolute Gasteiger partial charge is 0.462 e. The molecule has 148 valence electrons. The number of aromatic nitrogens is 2. The van der Waals surface area contributed by atoms with Crippen LogP contribution in [-0.4, -0.2) is 28.3 Å². The molecule has 2 aromatic heterocycles. The standard InChI is InChI=1S/C20H17BrN4O3S/c1-3-28-20(27)17-12(2)16(8-22)19(29-17)24-18(26)14-6-4-5-13(7-14)10-25-11-15(21)9-23-25/h4-7,9,11H,3,10H2,1-2H3,(H,24,26). The summed E-state index contributed by atoms with van der Waals surface area (Å²) in [4.78, 5) is 25.1. The molecule has 0 unspecified atom stereocenters. The number of halogens is 1. The number of hydrogen-bond acceptors (Lipinski definition) is 6. The predicted molar refractivity (Wildman–Crippen MR) is 113 cm³/mol. The van der Waals surface area contributed by atoms with Gasteiger partial charge < -0.3 is 10.1 Å². The highest BCUT2D eigenvalue weighted by atomic mass is 79.9. The lowest BCUT2D eigenvalue weighted by Gasteiger charge is -2.07. The molecule has 1 amide bonds. The fraction of sp³-hybridized carbons (Fsp3) is 0.200. The molecule has 0 atom stereocenters. The topological polar surface area (TPSA) is 97.0 Å². The number of amides is 1. The Kier molecular flexibility index (Phi) is 6.46. The van der Waals surface area contributed by atoms with Crippen LogP contribution in [0.1, 0.15) is 43.6 Å². The number of esters is 1. The molecule has 3 aromatic rings. The molecule has 0 aliphatic heterocycles. The molecule has 0 saturated carbocycles. The third-order valence-electron chi connectivity index (χ3n) is 4.08. The number of carbonyl (C=O) groups is 2. The van der Waals surface area contributed by atoms with Crippen molar-refractivity contribution in [2.45, 2.75) is 20.4 Å². The molecule has 2 heterocycles. The summed E-state index contributed by atoms with van der Waals surface area (Å²) in [5.41, 5.74) is 2.12. The molecule has 0 saturated heterocycles. The van der Waals surface area contributed by atoms with Gasteiger partial charge in [0.25, 0.3) is 5.91 Å². The number of rotatable bonds is 6. The molecule has 0 aliphatic rings. The Bertz CT molecular complexity index is 1110. The number of ether oxygens (including phenoxy) is 1. The smallest absolute Gasteiger partial charge is 0.348 e. The van der Waals surface area contributed by atoms with Gasteiger partial charge in [-0.05, 0) is 53.0 Å². The van der Waals surface area contributed by atoms with Crippen LogP contribution < -0.4 is 5.32 Å². The average Bonchev–Trinajstić information content (AvgIpc) is 3.24. The maximum atomic E-state index is 12.7. The van der Waals surface area contributed by atoms with Crippen LogP contribution in [0.5, 0.6) is 0 Å². The minimum absolute atomic E-state index is 0.235. The molecule has 9 heteroatoms. The van der Waals surface area contributed by atoms with Crippen LogP contribution in [0.15, 0.2) is 41.1 Å².